The average molecular weight is 1060 g/mol. The summed E-state index contributed by atoms with van der Waals surface area (Å²) >= 11 is 0. The van der Waals surface area contributed by atoms with Crippen LogP contribution in [0.25, 0.3) is 0 Å². The maximum Gasteiger partial charge on any atom is 0.410 e. The molecule has 6 unspecified atom stereocenters. The minimum atomic E-state index is -0.479. The molecular formula is C61H97N3O12. The van der Waals surface area contributed by atoms with Crippen molar-refractivity contribution in [3.05, 3.63) is 72.5 Å². The van der Waals surface area contributed by atoms with Gasteiger partial charge in [-0.2, -0.15) is 0 Å². The van der Waals surface area contributed by atoms with Crippen molar-refractivity contribution in [2.45, 2.75) is 219 Å². The molecule has 428 valence electrons. The van der Waals surface area contributed by atoms with Crippen molar-refractivity contribution in [3.8, 4) is 0 Å². The lowest BCUT2D eigenvalue weighted by Crippen LogP contribution is -2.48. The van der Waals surface area contributed by atoms with Crippen LogP contribution in [0, 0.1) is 17.8 Å². The number of piperidine rings is 3. The number of amides is 3. The molecule has 5 fully saturated rings. The molecule has 0 bridgehead atoms. The molecule has 2 saturated carbocycles. The zero-order valence-electron chi connectivity index (χ0n) is 48.4. The second kappa shape index (κ2) is 28.9. The van der Waals surface area contributed by atoms with Gasteiger partial charge in [-0.15, -0.1) is 0 Å². The smallest absolute Gasteiger partial charge is 0.410 e. The fourth-order valence-electron chi connectivity index (χ4n) is 11.1. The quantitative estimate of drug-likeness (QED) is 0.150. The van der Waals surface area contributed by atoms with Crippen LogP contribution in [-0.2, 0) is 28.4 Å². The molecular weight excluding hydrogens is 967 g/mol. The van der Waals surface area contributed by atoms with Gasteiger partial charge in [0.05, 0.1) is 75.5 Å². The lowest BCUT2D eigenvalue weighted by Gasteiger charge is -2.39. The summed E-state index contributed by atoms with van der Waals surface area (Å²) in [4.78, 5) is 42.7. The highest BCUT2D eigenvalue weighted by atomic mass is 16.6. The van der Waals surface area contributed by atoms with Gasteiger partial charge in [0.1, 0.15) is 16.8 Å². The molecule has 6 atom stereocenters. The minimum absolute atomic E-state index is 0.00389. The van der Waals surface area contributed by atoms with Crippen LogP contribution in [0.2, 0.25) is 0 Å². The largest absolute Gasteiger partial charge is 0.472 e. The van der Waals surface area contributed by atoms with E-state index in [2.05, 4.69) is 13.8 Å². The Hall–Kier alpha value is -4.47. The van der Waals surface area contributed by atoms with E-state index in [-0.39, 0.29) is 54.3 Å². The van der Waals surface area contributed by atoms with Gasteiger partial charge in [-0.3, -0.25) is 0 Å². The Morgan fingerprint density at radius 1 is 0.500 bits per heavy atom. The summed E-state index contributed by atoms with van der Waals surface area (Å²) in [7, 11) is 0. The third-order valence-corrected chi connectivity index (χ3v) is 15.0. The molecule has 0 radical (unpaired) electrons. The van der Waals surface area contributed by atoms with Gasteiger partial charge in [-0.05, 0) is 153 Å². The number of nitrogens with zero attached hydrogens (tertiary/aromatic N) is 3. The van der Waals surface area contributed by atoms with E-state index in [0.29, 0.717) is 57.7 Å². The molecule has 3 aromatic rings. The molecule has 0 aromatic carbocycles. The fourth-order valence-corrected chi connectivity index (χ4v) is 11.1. The highest BCUT2D eigenvalue weighted by Gasteiger charge is 2.39. The number of rotatable bonds is 13. The first kappa shape index (κ1) is 60.8. The van der Waals surface area contributed by atoms with Gasteiger partial charge in [0.25, 0.3) is 0 Å². The SMILES string of the molecule is CC(C)(C)OC(=O)N1CCC(c2ccoc2)C(OCC2CCCCC2)C1.CC(C)(C)OC(=O)N1CCC(c2ccoc2)C(OCCC2CCCCC2)C1.CC(C)COC1CN(C(=O)OC(C)(C)C)CCC1c1ccoc1. The van der Waals surface area contributed by atoms with E-state index in [1.165, 1.54) is 75.3 Å². The number of hydrogen-bond acceptors (Lipinski definition) is 12. The molecule has 3 amide bonds. The first-order chi connectivity index (χ1) is 36.1. The molecule has 3 aromatic heterocycles. The molecule has 6 heterocycles. The van der Waals surface area contributed by atoms with Gasteiger partial charge in [0.2, 0.25) is 0 Å². The van der Waals surface area contributed by atoms with E-state index in [1.54, 1.807) is 39.8 Å². The van der Waals surface area contributed by atoms with Crippen molar-refractivity contribution in [3.63, 3.8) is 0 Å². The third-order valence-electron chi connectivity index (χ3n) is 15.0. The fraction of sp³-hybridized carbons (Fsp3) is 0.754. The first-order valence-electron chi connectivity index (χ1n) is 29.0. The van der Waals surface area contributed by atoms with Crippen LogP contribution in [0.1, 0.15) is 200 Å². The maximum absolute atomic E-state index is 12.5. The lowest BCUT2D eigenvalue weighted by atomic mass is 9.87. The molecule has 5 aliphatic rings. The number of carbonyl (C=O) groups is 3. The number of carbonyl (C=O) groups excluding carboxylic acids is 3. The van der Waals surface area contributed by atoms with Crippen LogP contribution in [0.3, 0.4) is 0 Å². The van der Waals surface area contributed by atoms with Crippen molar-refractivity contribution < 1.29 is 56.1 Å². The lowest BCUT2D eigenvalue weighted by molar-refractivity contribution is -0.0424. The predicted molar refractivity (Wildman–Crippen MR) is 293 cm³/mol. The Morgan fingerprint density at radius 3 is 1.20 bits per heavy atom. The Kier molecular flexibility index (Phi) is 23.1. The second-order valence-corrected chi connectivity index (χ2v) is 25.5. The van der Waals surface area contributed by atoms with Gasteiger partial charge in [0, 0.05) is 57.2 Å². The Balaban J connectivity index is 0.000000186. The summed E-state index contributed by atoms with van der Waals surface area (Å²) in [5.41, 5.74) is 2.05. The summed E-state index contributed by atoms with van der Waals surface area (Å²) in [6, 6.07) is 6.02. The van der Waals surface area contributed by atoms with E-state index in [9.17, 15) is 14.4 Å². The molecule has 15 nitrogen and oxygen atoms in total. The highest BCUT2D eigenvalue weighted by Crippen LogP contribution is 2.36. The summed E-state index contributed by atoms with van der Waals surface area (Å²) in [6.07, 6.45) is 26.7. The molecule has 8 rings (SSSR count). The average Bonchev–Trinajstić information content (AvgIpc) is 4.22. The molecule has 15 heteroatoms. The van der Waals surface area contributed by atoms with Crippen molar-refractivity contribution >= 4 is 18.3 Å². The van der Waals surface area contributed by atoms with E-state index in [0.717, 1.165) is 50.4 Å². The molecule has 0 spiro atoms. The van der Waals surface area contributed by atoms with Crippen LogP contribution in [0.15, 0.2) is 69.0 Å². The highest BCUT2D eigenvalue weighted by molar-refractivity contribution is 5.69. The Labute approximate surface area is 455 Å². The topological polar surface area (TPSA) is 156 Å². The van der Waals surface area contributed by atoms with Gasteiger partial charge < -0.3 is 56.4 Å². The van der Waals surface area contributed by atoms with Crippen LogP contribution in [-0.4, -0.2) is 127 Å². The summed E-state index contributed by atoms with van der Waals surface area (Å²) in [5.74, 6) is 2.72. The van der Waals surface area contributed by atoms with Crippen molar-refractivity contribution in [1.29, 1.82) is 0 Å². The number of hydrogen-bond donors (Lipinski definition) is 0. The molecule has 2 aliphatic carbocycles. The second-order valence-electron chi connectivity index (χ2n) is 25.5. The standard InChI is InChI=1S/C22H35NO4.C21H33NO4.C18H29NO4/c1-22(2,3)27-21(24)23-12-9-19(18-11-13-25-16-18)20(15-23)26-14-10-17-7-5-4-6-8-17;1-21(2,3)26-20(23)22-11-9-18(17-10-12-24-15-17)19(13-22)25-14-16-7-5-4-6-8-16;1-13(2)11-22-16-10-19(17(20)23-18(3,4)5)8-6-15(16)14-7-9-21-12-14/h11,13,16-17,19-20H,4-10,12,14-15H2,1-3H3;10,12,15-16,18-19H,4-9,11,13-14H2,1-3H3;7,9,12-13,15-16H,6,8,10-11H2,1-5H3. The van der Waals surface area contributed by atoms with Crippen LogP contribution >= 0.6 is 0 Å². The molecule has 0 N–H and O–H groups in total. The van der Waals surface area contributed by atoms with Crippen LogP contribution < -0.4 is 0 Å². The third kappa shape index (κ3) is 20.4. The van der Waals surface area contributed by atoms with E-state index in [1.807, 2.05) is 93.0 Å². The number of furan rings is 3. The monoisotopic (exact) mass is 1060 g/mol. The van der Waals surface area contributed by atoms with E-state index >= 15 is 0 Å². The number of likely N-dealkylation sites (tertiary alicyclic amines) is 3. The van der Waals surface area contributed by atoms with Crippen molar-refractivity contribution in [1.82, 2.24) is 14.7 Å². The van der Waals surface area contributed by atoms with Crippen LogP contribution in [0.4, 0.5) is 14.4 Å². The van der Waals surface area contributed by atoms with Gasteiger partial charge in [0.15, 0.2) is 0 Å². The molecule has 3 aliphatic heterocycles. The van der Waals surface area contributed by atoms with Crippen molar-refractivity contribution in [2.75, 3.05) is 59.1 Å². The molecule has 76 heavy (non-hydrogen) atoms. The van der Waals surface area contributed by atoms with Crippen LogP contribution in [0.5, 0.6) is 0 Å². The van der Waals surface area contributed by atoms with E-state index < -0.39 is 16.8 Å². The predicted octanol–water partition coefficient (Wildman–Crippen LogP) is 14.4. The normalized spacial score (nSPS) is 24.2. The van der Waals surface area contributed by atoms with Crippen molar-refractivity contribution in [2.24, 2.45) is 17.8 Å². The number of ether oxygens (including phenoxy) is 6. The maximum atomic E-state index is 12.5. The summed E-state index contributed by atoms with van der Waals surface area (Å²) < 4.78 is 51.2. The summed E-state index contributed by atoms with van der Waals surface area (Å²) in [5, 5.41) is 0. The zero-order valence-corrected chi connectivity index (χ0v) is 48.4. The first-order valence-corrected chi connectivity index (χ1v) is 29.0. The van der Waals surface area contributed by atoms with Gasteiger partial charge >= 0.3 is 18.3 Å². The zero-order chi connectivity index (χ0) is 54.9. The van der Waals surface area contributed by atoms with Gasteiger partial charge in [-0.1, -0.05) is 65.2 Å². The summed E-state index contributed by atoms with van der Waals surface area (Å²) in [6.45, 7) is 27.3. The minimum Gasteiger partial charge on any atom is -0.472 e. The van der Waals surface area contributed by atoms with E-state index in [4.69, 9.17) is 41.7 Å². The Bertz CT molecular complexity index is 2090. The Morgan fingerprint density at radius 2 is 0.855 bits per heavy atom. The molecule has 3 saturated heterocycles. The van der Waals surface area contributed by atoms with Gasteiger partial charge in [-0.25, -0.2) is 14.4 Å².